The minimum absolute atomic E-state index is 0.141. The fourth-order valence-electron chi connectivity index (χ4n) is 2.63. The molecule has 0 fully saturated rings. The van der Waals surface area contributed by atoms with Crippen molar-refractivity contribution in [2.45, 2.75) is 18.4 Å². The summed E-state index contributed by atoms with van der Waals surface area (Å²) < 4.78 is 30.8. The minimum Gasteiger partial charge on any atom is -0.465 e. The van der Waals surface area contributed by atoms with Crippen molar-refractivity contribution in [2.24, 2.45) is 4.99 Å². The summed E-state index contributed by atoms with van der Waals surface area (Å²) in [7, 11) is -3.41. The van der Waals surface area contributed by atoms with Gasteiger partial charge in [0.2, 0.25) is 0 Å². The van der Waals surface area contributed by atoms with Crippen LogP contribution in [0.5, 0.6) is 0 Å². The van der Waals surface area contributed by atoms with Gasteiger partial charge in [0.25, 0.3) is 5.91 Å². The number of ether oxygens (including phenoxy) is 1. The van der Waals surface area contributed by atoms with Crippen molar-refractivity contribution < 1.29 is 22.7 Å². The zero-order chi connectivity index (χ0) is 21.2. The van der Waals surface area contributed by atoms with Gasteiger partial charge in [-0.2, -0.15) is 4.99 Å². The molecule has 10 heteroatoms. The van der Waals surface area contributed by atoms with Crippen molar-refractivity contribution in [2.75, 3.05) is 12.9 Å². The monoisotopic (exact) mass is 452 g/mol. The van der Waals surface area contributed by atoms with E-state index in [0.717, 1.165) is 17.6 Å². The molecular weight excluding hydrogens is 436 g/mol. The van der Waals surface area contributed by atoms with Crippen LogP contribution in [-0.2, 0) is 25.9 Å². The van der Waals surface area contributed by atoms with Crippen LogP contribution in [0.4, 0.5) is 0 Å². The average molecular weight is 453 g/mol. The normalized spacial score (nSPS) is 12.3. The number of rotatable bonds is 5. The molecule has 1 amide bonds. The van der Waals surface area contributed by atoms with Gasteiger partial charge in [-0.15, -0.1) is 0 Å². The topological polar surface area (TPSA) is 94.8 Å². The Hall–Kier alpha value is -2.49. The number of benzene rings is 2. The molecule has 152 valence electrons. The van der Waals surface area contributed by atoms with Crippen molar-refractivity contribution in [3.63, 3.8) is 0 Å². The van der Waals surface area contributed by atoms with Gasteiger partial charge >= 0.3 is 5.97 Å². The number of carbonyl (C=O) groups excluding carboxylic acids is 2. The molecule has 0 aliphatic heterocycles. The third kappa shape index (κ3) is 4.92. The average Bonchev–Trinajstić information content (AvgIpc) is 2.97. The van der Waals surface area contributed by atoms with Crippen molar-refractivity contribution in [1.82, 2.24) is 4.57 Å². The fraction of sp³-hybridized carbons (Fsp3) is 0.211. The van der Waals surface area contributed by atoms with Gasteiger partial charge in [-0.1, -0.05) is 29.0 Å². The maximum Gasteiger partial charge on any atom is 0.326 e. The number of nitrogens with zero attached hydrogens (tertiary/aromatic N) is 2. The lowest BCUT2D eigenvalue weighted by molar-refractivity contribution is -0.143. The van der Waals surface area contributed by atoms with Gasteiger partial charge in [0.1, 0.15) is 6.54 Å². The Bertz CT molecular complexity index is 1280. The first-order chi connectivity index (χ1) is 13.7. The lowest BCUT2D eigenvalue weighted by Crippen LogP contribution is -2.23. The molecule has 0 saturated heterocycles. The Morgan fingerprint density at radius 2 is 1.97 bits per heavy atom. The van der Waals surface area contributed by atoms with Crippen LogP contribution in [0.15, 0.2) is 52.4 Å². The summed E-state index contributed by atoms with van der Waals surface area (Å²) in [6, 6.07) is 10.9. The van der Waals surface area contributed by atoms with Gasteiger partial charge in [0.05, 0.1) is 21.7 Å². The molecule has 0 radical (unpaired) electrons. The zero-order valence-electron chi connectivity index (χ0n) is 15.6. The Balaban J connectivity index is 2.17. The van der Waals surface area contributed by atoms with Crippen LogP contribution in [0, 0.1) is 0 Å². The number of aromatic nitrogens is 1. The third-order valence-corrected chi connectivity index (χ3v) is 6.33. The maximum atomic E-state index is 12.6. The van der Waals surface area contributed by atoms with Crippen molar-refractivity contribution >= 4 is 54.9 Å². The Morgan fingerprint density at radius 1 is 1.21 bits per heavy atom. The number of carbonyl (C=O) groups is 2. The van der Waals surface area contributed by atoms with Gasteiger partial charge in [0.15, 0.2) is 14.6 Å². The molecule has 0 unspecified atom stereocenters. The first-order valence-corrected chi connectivity index (χ1v) is 11.6. The Labute approximate surface area is 176 Å². The second-order valence-corrected chi connectivity index (χ2v) is 9.57. The standard InChI is InChI=1S/C19H17ClN2O5S2/c1-3-27-17(23)11-22-15-8-7-14(29(2,25)26)10-16(15)28-19(22)21-18(24)12-5-4-6-13(20)9-12/h4-10H,3,11H2,1-2H3. The molecule has 0 bridgehead atoms. The lowest BCUT2D eigenvalue weighted by atomic mass is 10.2. The number of halogens is 1. The molecule has 1 aromatic heterocycles. The summed E-state index contributed by atoms with van der Waals surface area (Å²) in [6.45, 7) is 1.75. The van der Waals surface area contributed by atoms with Gasteiger partial charge < -0.3 is 9.30 Å². The number of amides is 1. The molecule has 0 N–H and O–H groups in total. The van der Waals surface area contributed by atoms with Gasteiger partial charge in [-0.3, -0.25) is 9.59 Å². The zero-order valence-corrected chi connectivity index (χ0v) is 18.0. The van der Waals surface area contributed by atoms with Gasteiger partial charge in [-0.05, 0) is 43.3 Å². The van der Waals surface area contributed by atoms with Crippen LogP contribution in [0.3, 0.4) is 0 Å². The molecule has 7 nitrogen and oxygen atoms in total. The van der Waals surface area contributed by atoms with Crippen LogP contribution >= 0.6 is 22.9 Å². The number of esters is 1. The highest BCUT2D eigenvalue weighted by Crippen LogP contribution is 2.22. The molecule has 29 heavy (non-hydrogen) atoms. The van der Waals surface area contributed by atoms with Gasteiger partial charge in [-0.25, -0.2) is 8.42 Å². The molecule has 0 aliphatic rings. The fourth-order valence-corrected chi connectivity index (χ4v) is 4.61. The number of hydrogen-bond donors (Lipinski definition) is 0. The highest BCUT2D eigenvalue weighted by atomic mass is 35.5. The van der Waals surface area contributed by atoms with Crippen LogP contribution in [0.25, 0.3) is 10.2 Å². The maximum absolute atomic E-state index is 12.6. The van der Waals surface area contributed by atoms with Crippen LogP contribution in [0.1, 0.15) is 17.3 Å². The molecule has 0 aliphatic carbocycles. The SMILES string of the molecule is CCOC(=O)Cn1c(=NC(=O)c2cccc(Cl)c2)sc2cc(S(C)(=O)=O)ccc21. The van der Waals surface area contributed by atoms with Crippen LogP contribution in [-0.4, -0.2) is 37.7 Å². The van der Waals surface area contributed by atoms with E-state index in [1.165, 1.54) is 22.8 Å². The van der Waals surface area contributed by atoms with Crippen LogP contribution in [0.2, 0.25) is 5.02 Å². The quantitative estimate of drug-likeness (QED) is 0.554. The minimum atomic E-state index is -3.41. The van der Waals surface area contributed by atoms with E-state index in [1.54, 1.807) is 31.2 Å². The number of fused-ring (bicyclic) bond motifs is 1. The van der Waals surface area contributed by atoms with Crippen molar-refractivity contribution in [3.8, 4) is 0 Å². The largest absolute Gasteiger partial charge is 0.465 e. The first kappa shape index (κ1) is 21.2. The molecule has 0 spiro atoms. The highest BCUT2D eigenvalue weighted by molar-refractivity contribution is 7.90. The second-order valence-electron chi connectivity index (χ2n) is 6.10. The summed E-state index contributed by atoms with van der Waals surface area (Å²) in [5.41, 5.74) is 0.877. The molecular formula is C19H17ClN2O5S2. The Kier molecular flexibility index (Phi) is 6.21. The first-order valence-electron chi connectivity index (χ1n) is 8.52. The van der Waals surface area contributed by atoms with E-state index in [-0.39, 0.29) is 22.8 Å². The molecule has 2 aromatic carbocycles. The van der Waals surface area contributed by atoms with Crippen LogP contribution < -0.4 is 4.80 Å². The van der Waals surface area contributed by atoms with E-state index in [2.05, 4.69) is 4.99 Å². The predicted octanol–water partition coefficient (Wildman–Crippen LogP) is 3.06. The lowest BCUT2D eigenvalue weighted by Gasteiger charge is -2.05. The number of hydrogen-bond acceptors (Lipinski definition) is 6. The van der Waals surface area contributed by atoms with Gasteiger partial charge in [0, 0.05) is 16.8 Å². The summed E-state index contributed by atoms with van der Waals surface area (Å²) in [6.07, 6.45) is 1.11. The molecule has 0 atom stereocenters. The second kappa shape index (κ2) is 8.48. The third-order valence-electron chi connectivity index (χ3n) is 3.94. The van der Waals surface area contributed by atoms with E-state index in [0.29, 0.717) is 20.8 Å². The summed E-state index contributed by atoms with van der Waals surface area (Å²) in [5, 5.41) is 0.402. The van der Waals surface area contributed by atoms with E-state index >= 15 is 0 Å². The molecule has 1 heterocycles. The summed E-state index contributed by atoms with van der Waals surface area (Å²) in [4.78, 5) is 29.2. The van der Waals surface area contributed by atoms with E-state index < -0.39 is 21.7 Å². The molecule has 0 saturated carbocycles. The molecule has 3 aromatic rings. The Morgan fingerprint density at radius 3 is 2.62 bits per heavy atom. The van der Waals surface area contributed by atoms with Crippen molar-refractivity contribution in [1.29, 1.82) is 0 Å². The highest BCUT2D eigenvalue weighted by Gasteiger charge is 2.15. The van der Waals surface area contributed by atoms with E-state index in [4.69, 9.17) is 16.3 Å². The van der Waals surface area contributed by atoms with E-state index in [9.17, 15) is 18.0 Å². The summed E-state index contributed by atoms with van der Waals surface area (Å²) >= 11 is 7.05. The smallest absolute Gasteiger partial charge is 0.326 e. The molecule has 3 rings (SSSR count). The van der Waals surface area contributed by atoms with Crippen molar-refractivity contribution in [3.05, 3.63) is 57.9 Å². The summed E-state index contributed by atoms with van der Waals surface area (Å²) in [5.74, 6) is -1.02. The number of sulfone groups is 1. The van der Waals surface area contributed by atoms with E-state index in [1.807, 2.05) is 0 Å². The number of thiazole rings is 1. The predicted molar refractivity (Wildman–Crippen MR) is 111 cm³/mol.